The minimum Gasteiger partial charge on any atom is -0.469 e. The summed E-state index contributed by atoms with van der Waals surface area (Å²) in [4.78, 5) is 11.7. The molecule has 2 aromatic rings. The Kier molecular flexibility index (Phi) is 15.5. The first-order valence-electron chi connectivity index (χ1n) is 18.9. The van der Waals surface area contributed by atoms with Crippen LogP contribution >= 0.6 is 0 Å². The molecule has 1 aliphatic heterocycles. The number of carbonyl (C=O) groups excluding carboxylic acids is 1. The highest BCUT2D eigenvalue weighted by Crippen LogP contribution is 2.46. The van der Waals surface area contributed by atoms with Gasteiger partial charge in [0.15, 0.2) is 6.29 Å². The average molecular weight is 711 g/mol. The van der Waals surface area contributed by atoms with Crippen LogP contribution in [0.25, 0.3) is 0 Å². The maximum Gasteiger partial charge on any atom is 0.305 e. The Morgan fingerprint density at radius 3 is 2.20 bits per heavy atom. The molecule has 0 aromatic heterocycles. The van der Waals surface area contributed by atoms with E-state index in [0.717, 1.165) is 44.6 Å². The molecule has 0 N–H and O–H groups in total. The van der Waals surface area contributed by atoms with E-state index in [1.165, 1.54) is 17.5 Å². The number of hydrogen-bond acceptors (Lipinski definition) is 5. The number of unbranched alkanes of at least 4 members (excludes halogenated alkanes) is 3. The van der Waals surface area contributed by atoms with E-state index < -0.39 is 14.2 Å². The van der Waals surface area contributed by atoms with Gasteiger partial charge in [0, 0.05) is 25.4 Å². The third-order valence-corrected chi connectivity index (χ3v) is 15.4. The smallest absolute Gasteiger partial charge is 0.305 e. The average Bonchev–Trinajstić information content (AvgIpc) is 3.42. The van der Waals surface area contributed by atoms with E-state index in [9.17, 15) is 4.79 Å². The normalized spacial score (nSPS) is 23.5. The van der Waals surface area contributed by atoms with E-state index in [2.05, 4.69) is 81.5 Å². The summed E-state index contributed by atoms with van der Waals surface area (Å²) >= 11 is 0. The number of esters is 1. The Balaban J connectivity index is 1.75. The second kappa shape index (κ2) is 19.3. The third kappa shape index (κ3) is 10.9. The zero-order chi connectivity index (χ0) is 36.0. The minimum absolute atomic E-state index is 0.107. The number of carbonyl (C=O) groups is 1. The lowest BCUT2D eigenvalue weighted by atomic mass is 9.89. The van der Waals surface area contributed by atoms with Gasteiger partial charge in [0.2, 0.25) is 0 Å². The van der Waals surface area contributed by atoms with Crippen LogP contribution in [-0.2, 0) is 23.4 Å². The van der Waals surface area contributed by atoms with Gasteiger partial charge in [0.05, 0.1) is 19.3 Å². The van der Waals surface area contributed by atoms with Crippen LogP contribution < -0.4 is 10.4 Å². The predicted octanol–water partition coefficient (Wildman–Crippen LogP) is 9.54. The molecule has 1 aliphatic carbocycles. The summed E-state index contributed by atoms with van der Waals surface area (Å²) in [5.74, 6) is -3.51. The van der Waals surface area contributed by atoms with Crippen LogP contribution in [0.4, 0.5) is 8.78 Å². The van der Waals surface area contributed by atoms with E-state index in [0.29, 0.717) is 38.7 Å². The van der Waals surface area contributed by atoms with Crippen molar-refractivity contribution in [2.45, 2.75) is 134 Å². The predicted molar refractivity (Wildman–Crippen MR) is 200 cm³/mol. The molecule has 5 atom stereocenters. The molecule has 2 aromatic carbocycles. The summed E-state index contributed by atoms with van der Waals surface area (Å²) < 4.78 is 56.0. The third-order valence-electron chi connectivity index (χ3n) is 10.3. The van der Waals surface area contributed by atoms with Crippen molar-refractivity contribution in [3.05, 3.63) is 85.0 Å². The molecular formula is C42H60F2O5Si. The number of methoxy groups -OCH3 is 1. The van der Waals surface area contributed by atoms with Crippen LogP contribution in [0.3, 0.4) is 0 Å². The Hall–Kier alpha value is -2.65. The Bertz CT molecular complexity index is 1300. The van der Waals surface area contributed by atoms with Gasteiger partial charge in [0.25, 0.3) is 14.2 Å². The first kappa shape index (κ1) is 40.1. The first-order valence-corrected chi connectivity index (χ1v) is 20.8. The van der Waals surface area contributed by atoms with Crippen molar-refractivity contribution in [2.24, 2.45) is 11.8 Å². The molecule has 0 amide bonds. The molecule has 2 fully saturated rings. The number of hydrogen-bond donors (Lipinski definition) is 0. The zero-order valence-corrected chi connectivity index (χ0v) is 32.0. The SMILES string of the molecule is CCCCCC(F)(F)/C=C/[C@@H]1[C@@H](C/C=C/CCCC(=O)OC)[C@@H](O[Si](c2ccccc2)(c2ccccc2)C(C)(C)C)C[C@H]1OC1CCCCO1. The van der Waals surface area contributed by atoms with Gasteiger partial charge >= 0.3 is 5.97 Å². The molecule has 1 unspecified atom stereocenters. The molecule has 0 spiro atoms. The van der Waals surface area contributed by atoms with Gasteiger partial charge < -0.3 is 18.6 Å². The summed E-state index contributed by atoms with van der Waals surface area (Å²) in [6.45, 7) is 9.47. The van der Waals surface area contributed by atoms with Crippen molar-refractivity contribution < 1.29 is 32.2 Å². The highest BCUT2D eigenvalue weighted by molar-refractivity contribution is 6.99. The minimum atomic E-state index is -2.96. The molecule has 50 heavy (non-hydrogen) atoms. The molecule has 276 valence electrons. The van der Waals surface area contributed by atoms with E-state index in [1.807, 2.05) is 19.1 Å². The Morgan fingerprint density at radius 1 is 0.940 bits per heavy atom. The number of ether oxygens (including phenoxy) is 3. The lowest BCUT2D eigenvalue weighted by Crippen LogP contribution is -2.68. The molecular weight excluding hydrogens is 651 g/mol. The van der Waals surface area contributed by atoms with Gasteiger partial charge in [-0.25, -0.2) is 8.78 Å². The second-order valence-corrected chi connectivity index (χ2v) is 19.3. The quantitative estimate of drug-likeness (QED) is 0.0668. The van der Waals surface area contributed by atoms with Crippen LogP contribution in [0.5, 0.6) is 0 Å². The van der Waals surface area contributed by atoms with Gasteiger partial charge in [-0.2, -0.15) is 0 Å². The van der Waals surface area contributed by atoms with Crippen molar-refractivity contribution in [3.63, 3.8) is 0 Å². The largest absolute Gasteiger partial charge is 0.469 e. The maximum atomic E-state index is 15.3. The van der Waals surface area contributed by atoms with Crippen LogP contribution in [0.2, 0.25) is 5.04 Å². The lowest BCUT2D eigenvalue weighted by Gasteiger charge is -2.45. The number of rotatable bonds is 18. The molecule has 1 heterocycles. The molecule has 1 saturated heterocycles. The van der Waals surface area contributed by atoms with Gasteiger partial charge in [-0.3, -0.25) is 4.79 Å². The van der Waals surface area contributed by atoms with Gasteiger partial charge in [-0.15, -0.1) is 0 Å². The highest BCUT2D eigenvalue weighted by Gasteiger charge is 2.55. The van der Waals surface area contributed by atoms with E-state index in [4.69, 9.17) is 18.6 Å². The monoisotopic (exact) mass is 710 g/mol. The Morgan fingerprint density at radius 2 is 1.62 bits per heavy atom. The molecule has 4 rings (SSSR count). The van der Waals surface area contributed by atoms with E-state index in [-0.39, 0.29) is 47.8 Å². The standard InChI is InChI=1S/C42H60F2O5Si/c1-6-7-19-29-42(43,44)30-28-36-35(25-16-8-9-17-26-39(45)46-5)38(32-37(36)48-40-27-18-20-31-47-40)49-50(41(2,3)4,33-21-12-10-13-22-33)34-23-14-11-15-24-34/h8,10-16,21-24,28,30,35-38,40H,6-7,9,17-20,25-27,29,31-32H2,1-5H3/b16-8+,30-28+/t35-,36-,37-,38+,40?/m1/s1. The van der Waals surface area contributed by atoms with Crippen LogP contribution in [0.1, 0.15) is 105 Å². The topological polar surface area (TPSA) is 54.0 Å². The Labute approximate surface area is 300 Å². The number of allylic oxidation sites excluding steroid dienone is 3. The van der Waals surface area contributed by atoms with E-state index >= 15 is 8.78 Å². The van der Waals surface area contributed by atoms with Crippen molar-refractivity contribution in [3.8, 4) is 0 Å². The van der Waals surface area contributed by atoms with Crippen molar-refractivity contribution in [2.75, 3.05) is 13.7 Å². The van der Waals surface area contributed by atoms with Gasteiger partial charge in [-0.05, 0) is 78.8 Å². The number of alkyl halides is 2. The first-order chi connectivity index (χ1) is 24.0. The summed E-state index contributed by atoms with van der Waals surface area (Å²) in [6, 6.07) is 21.1. The summed E-state index contributed by atoms with van der Waals surface area (Å²) in [5.41, 5.74) is 0. The molecule has 0 radical (unpaired) electrons. The summed E-state index contributed by atoms with van der Waals surface area (Å²) in [6.07, 6.45) is 14.0. The fourth-order valence-corrected chi connectivity index (χ4v) is 12.4. The maximum absolute atomic E-state index is 15.3. The zero-order valence-electron chi connectivity index (χ0n) is 31.0. The summed E-state index contributed by atoms with van der Waals surface area (Å²) in [5, 5.41) is 2.13. The van der Waals surface area contributed by atoms with Gasteiger partial charge in [0.1, 0.15) is 0 Å². The van der Waals surface area contributed by atoms with E-state index in [1.54, 1.807) is 6.08 Å². The van der Waals surface area contributed by atoms with Crippen LogP contribution in [0, 0.1) is 11.8 Å². The molecule has 0 bridgehead atoms. The molecule has 5 nitrogen and oxygen atoms in total. The number of benzene rings is 2. The lowest BCUT2D eigenvalue weighted by molar-refractivity contribution is -0.193. The molecule has 1 saturated carbocycles. The number of halogens is 2. The molecule has 8 heteroatoms. The van der Waals surface area contributed by atoms with Crippen LogP contribution in [-0.4, -0.2) is 52.4 Å². The van der Waals surface area contributed by atoms with Crippen molar-refractivity contribution in [1.29, 1.82) is 0 Å². The summed E-state index contributed by atoms with van der Waals surface area (Å²) in [7, 11) is -1.56. The van der Waals surface area contributed by atoms with Crippen LogP contribution in [0.15, 0.2) is 85.0 Å². The second-order valence-electron chi connectivity index (χ2n) is 15.0. The fourth-order valence-electron chi connectivity index (χ4n) is 7.66. The molecule has 2 aliphatic rings. The van der Waals surface area contributed by atoms with Gasteiger partial charge in [-0.1, -0.05) is 119 Å². The fraction of sp³-hybridized carbons (Fsp3) is 0.595. The highest BCUT2D eigenvalue weighted by atomic mass is 28.4. The van der Waals surface area contributed by atoms with Crippen molar-refractivity contribution in [1.82, 2.24) is 0 Å². The van der Waals surface area contributed by atoms with Crippen molar-refractivity contribution >= 4 is 24.7 Å².